The van der Waals surface area contributed by atoms with E-state index in [1.165, 1.54) is 5.56 Å². The summed E-state index contributed by atoms with van der Waals surface area (Å²) >= 11 is 6.08. The van der Waals surface area contributed by atoms with Crippen molar-refractivity contribution in [2.75, 3.05) is 5.32 Å². The van der Waals surface area contributed by atoms with Crippen LogP contribution in [0.5, 0.6) is 5.75 Å². The van der Waals surface area contributed by atoms with Crippen molar-refractivity contribution in [2.45, 2.75) is 20.1 Å². The highest BCUT2D eigenvalue weighted by atomic mass is 35.5. The number of para-hydroxylation sites is 1. The first-order valence-electron chi connectivity index (χ1n) is 7.97. The Labute approximate surface area is 148 Å². The van der Waals surface area contributed by atoms with Crippen LogP contribution >= 0.6 is 11.6 Å². The molecule has 0 spiro atoms. The van der Waals surface area contributed by atoms with Gasteiger partial charge in [-0.2, -0.15) is 0 Å². The number of nitrogens with one attached hydrogen (secondary N) is 1. The molecule has 0 heterocycles. The zero-order chi connectivity index (χ0) is 16.8. The van der Waals surface area contributed by atoms with Gasteiger partial charge in [-0.1, -0.05) is 66.2 Å². The molecule has 2 nitrogen and oxygen atoms in total. The number of ether oxygens (including phenoxy) is 1. The quantitative estimate of drug-likeness (QED) is 0.610. The summed E-state index contributed by atoms with van der Waals surface area (Å²) in [6.07, 6.45) is 0. The summed E-state index contributed by atoms with van der Waals surface area (Å²) in [6.45, 7) is 3.32. The average Bonchev–Trinajstić information content (AvgIpc) is 2.62. The Morgan fingerprint density at radius 1 is 0.917 bits per heavy atom. The average molecular weight is 338 g/mol. The van der Waals surface area contributed by atoms with Crippen LogP contribution in [0, 0.1) is 6.92 Å². The van der Waals surface area contributed by atoms with Crippen LogP contribution in [-0.2, 0) is 13.2 Å². The van der Waals surface area contributed by atoms with Crippen molar-refractivity contribution in [1.29, 1.82) is 0 Å². The largest absolute Gasteiger partial charge is 0.489 e. The van der Waals surface area contributed by atoms with E-state index in [1.54, 1.807) is 0 Å². The van der Waals surface area contributed by atoms with Crippen LogP contribution in [0.25, 0.3) is 0 Å². The van der Waals surface area contributed by atoms with Crippen molar-refractivity contribution >= 4 is 17.3 Å². The molecule has 0 saturated carbocycles. The molecule has 3 rings (SSSR count). The molecule has 1 N–H and O–H groups in total. The van der Waals surface area contributed by atoms with Gasteiger partial charge in [0.15, 0.2) is 0 Å². The first kappa shape index (κ1) is 16.4. The molecule has 0 amide bonds. The van der Waals surface area contributed by atoms with Crippen molar-refractivity contribution in [2.24, 2.45) is 0 Å². The van der Waals surface area contributed by atoms with Crippen molar-refractivity contribution in [3.63, 3.8) is 0 Å². The lowest BCUT2D eigenvalue weighted by Crippen LogP contribution is -2.04. The number of aryl methyl sites for hydroxylation is 1. The Balaban J connectivity index is 1.69. The van der Waals surface area contributed by atoms with Gasteiger partial charge in [0, 0.05) is 22.8 Å². The Bertz CT molecular complexity index is 802. The summed E-state index contributed by atoms with van der Waals surface area (Å²) in [6, 6.07) is 24.2. The van der Waals surface area contributed by atoms with E-state index < -0.39 is 0 Å². The third-order valence-electron chi connectivity index (χ3n) is 3.88. The van der Waals surface area contributed by atoms with Crippen LogP contribution in [0.1, 0.15) is 16.7 Å². The van der Waals surface area contributed by atoms with E-state index in [9.17, 15) is 0 Å². The molecule has 3 heteroatoms. The maximum atomic E-state index is 6.08. The minimum Gasteiger partial charge on any atom is -0.489 e. The zero-order valence-corrected chi connectivity index (χ0v) is 14.4. The number of hydrogen-bond acceptors (Lipinski definition) is 2. The van der Waals surface area contributed by atoms with Crippen LogP contribution in [0.4, 0.5) is 5.69 Å². The highest BCUT2D eigenvalue weighted by Gasteiger charge is 2.05. The topological polar surface area (TPSA) is 21.3 Å². The molecule has 24 heavy (non-hydrogen) atoms. The molecule has 0 aliphatic heterocycles. The fourth-order valence-electron chi connectivity index (χ4n) is 2.50. The van der Waals surface area contributed by atoms with Gasteiger partial charge < -0.3 is 10.1 Å². The van der Waals surface area contributed by atoms with Crippen molar-refractivity contribution in [3.8, 4) is 5.75 Å². The monoisotopic (exact) mass is 337 g/mol. The lowest BCUT2D eigenvalue weighted by Gasteiger charge is -2.14. The van der Waals surface area contributed by atoms with Crippen LogP contribution < -0.4 is 10.1 Å². The van der Waals surface area contributed by atoms with Crippen LogP contribution in [-0.4, -0.2) is 0 Å². The molecule has 0 unspecified atom stereocenters. The second-order valence-corrected chi connectivity index (χ2v) is 6.13. The molecule has 0 aliphatic carbocycles. The summed E-state index contributed by atoms with van der Waals surface area (Å²) < 4.78 is 6.00. The number of anilines is 1. The molecule has 3 aromatic carbocycles. The minimum atomic E-state index is 0.564. The fraction of sp³-hybridized carbons (Fsp3) is 0.143. The summed E-state index contributed by atoms with van der Waals surface area (Å²) in [5.74, 6) is 0.897. The van der Waals surface area contributed by atoms with E-state index in [-0.39, 0.29) is 0 Å². The zero-order valence-electron chi connectivity index (χ0n) is 13.6. The van der Waals surface area contributed by atoms with Gasteiger partial charge in [0.1, 0.15) is 12.4 Å². The van der Waals surface area contributed by atoms with Crippen molar-refractivity contribution in [3.05, 3.63) is 94.5 Å². The van der Waals surface area contributed by atoms with E-state index in [4.69, 9.17) is 16.3 Å². The molecular weight excluding hydrogens is 318 g/mol. The number of rotatable bonds is 6. The van der Waals surface area contributed by atoms with E-state index in [2.05, 4.69) is 30.4 Å². The SMILES string of the molecule is Cc1ccc(Cl)cc1NCc1ccccc1OCc1ccccc1. The first-order chi connectivity index (χ1) is 11.7. The van der Waals surface area contributed by atoms with E-state index >= 15 is 0 Å². The number of benzene rings is 3. The fourth-order valence-corrected chi connectivity index (χ4v) is 2.67. The Kier molecular flexibility index (Phi) is 5.39. The molecule has 0 aliphatic rings. The standard InChI is InChI=1S/C21H20ClNO/c1-16-11-12-19(22)13-20(16)23-14-18-9-5-6-10-21(18)24-15-17-7-3-2-4-8-17/h2-13,23H,14-15H2,1H3. The molecule has 122 valence electrons. The molecule has 3 aromatic rings. The third kappa shape index (κ3) is 4.30. The van der Waals surface area contributed by atoms with Gasteiger partial charge in [0.2, 0.25) is 0 Å². The second-order valence-electron chi connectivity index (χ2n) is 5.69. The molecule has 0 bridgehead atoms. The van der Waals surface area contributed by atoms with Gasteiger partial charge >= 0.3 is 0 Å². The Hall–Kier alpha value is -2.45. The molecular formula is C21H20ClNO. The maximum Gasteiger partial charge on any atom is 0.124 e. The number of halogens is 1. The van der Waals surface area contributed by atoms with Crippen LogP contribution in [0.3, 0.4) is 0 Å². The van der Waals surface area contributed by atoms with Gasteiger partial charge in [-0.15, -0.1) is 0 Å². The molecule has 0 atom stereocenters. The van der Waals surface area contributed by atoms with Gasteiger partial charge in [-0.25, -0.2) is 0 Å². The maximum absolute atomic E-state index is 6.08. The predicted molar refractivity (Wildman–Crippen MR) is 101 cm³/mol. The first-order valence-corrected chi connectivity index (χ1v) is 8.35. The molecule has 0 fully saturated rings. The summed E-state index contributed by atoms with van der Waals surface area (Å²) in [7, 11) is 0. The van der Waals surface area contributed by atoms with Gasteiger partial charge in [-0.3, -0.25) is 0 Å². The Morgan fingerprint density at radius 3 is 2.50 bits per heavy atom. The smallest absolute Gasteiger partial charge is 0.124 e. The predicted octanol–water partition coefficient (Wildman–Crippen LogP) is 5.84. The van der Waals surface area contributed by atoms with Gasteiger partial charge in [0.25, 0.3) is 0 Å². The summed E-state index contributed by atoms with van der Waals surface area (Å²) in [5, 5.41) is 4.18. The molecule has 0 aromatic heterocycles. The minimum absolute atomic E-state index is 0.564. The van der Waals surface area contributed by atoms with E-state index in [1.807, 2.05) is 54.6 Å². The van der Waals surface area contributed by atoms with Crippen molar-refractivity contribution < 1.29 is 4.74 Å². The highest BCUT2D eigenvalue weighted by Crippen LogP contribution is 2.24. The molecule has 0 radical (unpaired) electrons. The van der Waals surface area contributed by atoms with E-state index in [0.717, 1.165) is 27.6 Å². The lowest BCUT2D eigenvalue weighted by atomic mass is 10.1. The number of hydrogen-bond donors (Lipinski definition) is 1. The highest BCUT2D eigenvalue weighted by molar-refractivity contribution is 6.30. The Morgan fingerprint density at radius 2 is 1.67 bits per heavy atom. The van der Waals surface area contributed by atoms with Crippen LogP contribution in [0.2, 0.25) is 5.02 Å². The molecule has 0 saturated heterocycles. The van der Waals surface area contributed by atoms with Crippen molar-refractivity contribution in [1.82, 2.24) is 0 Å². The normalized spacial score (nSPS) is 10.4. The summed E-state index contributed by atoms with van der Waals surface area (Å²) in [4.78, 5) is 0. The van der Waals surface area contributed by atoms with E-state index in [0.29, 0.717) is 13.2 Å². The van der Waals surface area contributed by atoms with Gasteiger partial charge in [0.05, 0.1) is 0 Å². The second kappa shape index (κ2) is 7.89. The van der Waals surface area contributed by atoms with Crippen LogP contribution in [0.15, 0.2) is 72.8 Å². The summed E-state index contributed by atoms with van der Waals surface area (Å²) in [5.41, 5.74) is 4.49. The lowest BCUT2D eigenvalue weighted by molar-refractivity contribution is 0.303. The van der Waals surface area contributed by atoms with Gasteiger partial charge in [-0.05, 0) is 36.2 Å². The third-order valence-corrected chi connectivity index (χ3v) is 4.11.